The van der Waals surface area contributed by atoms with Crippen LogP contribution >= 0.6 is 0 Å². The van der Waals surface area contributed by atoms with Crippen LogP contribution in [0, 0.1) is 0 Å². The predicted octanol–water partition coefficient (Wildman–Crippen LogP) is 1.19. The van der Waals surface area contributed by atoms with E-state index in [0.29, 0.717) is 0 Å². The Balaban J connectivity index is 2.05. The number of nitrogens with zero attached hydrogens (tertiary/aromatic N) is 4. The van der Waals surface area contributed by atoms with Crippen LogP contribution in [0.4, 0.5) is 5.69 Å². The van der Waals surface area contributed by atoms with Gasteiger partial charge in [0.2, 0.25) is 11.8 Å². The van der Waals surface area contributed by atoms with Gasteiger partial charge in [0.1, 0.15) is 5.56 Å². The Hall–Kier alpha value is -3.62. The van der Waals surface area contributed by atoms with Crippen molar-refractivity contribution in [3.05, 3.63) is 68.9 Å². The first-order valence-electron chi connectivity index (χ1n) is 9.06. The van der Waals surface area contributed by atoms with Crippen molar-refractivity contribution in [2.45, 2.75) is 25.9 Å². The lowest BCUT2D eigenvalue weighted by atomic mass is 9.99. The third-order valence-electron chi connectivity index (χ3n) is 4.80. The number of anilines is 1. The number of carbonyl (C=O) groups excluding carboxylic acids is 1. The molecule has 29 heavy (non-hydrogen) atoms. The maximum atomic E-state index is 12.4. The van der Waals surface area contributed by atoms with E-state index in [9.17, 15) is 19.5 Å². The molecule has 0 bridgehead atoms. The van der Waals surface area contributed by atoms with Gasteiger partial charge in [0.15, 0.2) is 0 Å². The van der Waals surface area contributed by atoms with Crippen LogP contribution in [0.5, 0.6) is 5.88 Å². The smallest absolute Gasteiger partial charge is 0.331 e. The molecule has 0 spiro atoms. The second-order valence-electron chi connectivity index (χ2n) is 6.97. The van der Waals surface area contributed by atoms with Crippen molar-refractivity contribution in [1.82, 2.24) is 14.6 Å². The average Bonchev–Trinajstić information content (AvgIpc) is 3.10. The average molecular weight is 397 g/mol. The zero-order valence-electron chi connectivity index (χ0n) is 16.5. The molecule has 2 aromatic rings. The van der Waals surface area contributed by atoms with E-state index in [1.807, 2.05) is 43.3 Å². The molecule has 0 unspecified atom stereocenters. The lowest BCUT2D eigenvalue weighted by Gasteiger charge is -2.21. The number of hydrogen-bond acceptors (Lipinski definition) is 6. The number of rotatable bonds is 5. The lowest BCUT2D eigenvalue weighted by molar-refractivity contribution is -0.130. The van der Waals surface area contributed by atoms with Crippen molar-refractivity contribution >= 4 is 17.3 Å². The minimum atomic E-state index is -0.751. The fourth-order valence-electron chi connectivity index (χ4n) is 3.32. The van der Waals surface area contributed by atoms with Crippen molar-refractivity contribution in [2.75, 3.05) is 19.0 Å². The molecular formula is C20H23N5O4. The molecule has 0 aliphatic carbocycles. The summed E-state index contributed by atoms with van der Waals surface area (Å²) >= 11 is 0. The van der Waals surface area contributed by atoms with Gasteiger partial charge in [-0.05, 0) is 17.7 Å². The lowest BCUT2D eigenvalue weighted by Crippen LogP contribution is -2.33. The van der Waals surface area contributed by atoms with Gasteiger partial charge in [0.25, 0.3) is 5.56 Å². The number of carbonyl (C=O) groups is 1. The maximum Gasteiger partial charge on any atom is 0.331 e. The molecule has 152 valence electrons. The summed E-state index contributed by atoms with van der Waals surface area (Å²) in [5.74, 6) is -0.790. The number of aromatic amines is 1. The molecule has 0 radical (unpaired) electrons. The Morgan fingerprint density at radius 3 is 2.55 bits per heavy atom. The molecule has 1 atom stereocenters. The fraction of sp³-hybridized carbons (Fsp3) is 0.300. The molecule has 2 heterocycles. The summed E-state index contributed by atoms with van der Waals surface area (Å²) in [5.41, 5.74) is 0.476. The van der Waals surface area contributed by atoms with Gasteiger partial charge in [-0.25, -0.2) is 9.80 Å². The van der Waals surface area contributed by atoms with Gasteiger partial charge in [-0.2, -0.15) is 5.10 Å². The molecule has 9 heteroatoms. The largest absolute Gasteiger partial charge is 0.494 e. The van der Waals surface area contributed by atoms with Crippen LogP contribution in [0.25, 0.3) is 0 Å². The predicted molar refractivity (Wildman–Crippen MR) is 110 cm³/mol. The van der Waals surface area contributed by atoms with E-state index in [0.717, 1.165) is 15.8 Å². The summed E-state index contributed by atoms with van der Waals surface area (Å²) in [4.78, 5) is 40.7. The molecule has 1 aliphatic rings. The van der Waals surface area contributed by atoms with Gasteiger partial charge < -0.3 is 10.0 Å². The number of aromatic nitrogens is 2. The van der Waals surface area contributed by atoms with Crippen LogP contribution in [0.15, 0.2) is 51.6 Å². The van der Waals surface area contributed by atoms with E-state index in [-0.39, 0.29) is 30.1 Å². The van der Waals surface area contributed by atoms with Gasteiger partial charge in [0, 0.05) is 39.7 Å². The number of allylic oxidation sites excluding steroid dienone is 1. The molecule has 1 amide bonds. The standard InChI is InChI=1S/C20H23N5O4/c1-5-10-24-19(28)17(18(27)21-20(24)29)15-11-16(25(22-15)12(2)26)13-6-8-14(9-7-13)23(3)4/h5-9,16,28H,1,10-11H2,2-4H3,(H,21,27,29)/t16-/m0/s1. The highest BCUT2D eigenvalue weighted by Crippen LogP contribution is 2.34. The molecule has 0 fully saturated rings. The minimum Gasteiger partial charge on any atom is -0.494 e. The topological polar surface area (TPSA) is 111 Å². The monoisotopic (exact) mass is 397 g/mol. The Kier molecular flexibility index (Phi) is 5.40. The first-order chi connectivity index (χ1) is 13.7. The summed E-state index contributed by atoms with van der Waals surface area (Å²) < 4.78 is 0.990. The van der Waals surface area contributed by atoms with Crippen LogP contribution in [0.3, 0.4) is 0 Å². The Morgan fingerprint density at radius 2 is 2.00 bits per heavy atom. The normalized spacial score (nSPS) is 15.9. The molecule has 1 aliphatic heterocycles. The van der Waals surface area contributed by atoms with E-state index in [1.54, 1.807) is 0 Å². The van der Waals surface area contributed by atoms with Gasteiger partial charge >= 0.3 is 5.69 Å². The summed E-state index contributed by atoms with van der Waals surface area (Å²) in [6.07, 6.45) is 1.65. The molecule has 1 aromatic heterocycles. The zero-order valence-corrected chi connectivity index (χ0v) is 16.5. The number of hydrazone groups is 1. The van der Waals surface area contributed by atoms with Crippen LogP contribution < -0.4 is 16.1 Å². The molecular weight excluding hydrogens is 374 g/mol. The maximum absolute atomic E-state index is 12.4. The van der Waals surface area contributed by atoms with Gasteiger partial charge in [-0.15, -0.1) is 6.58 Å². The van der Waals surface area contributed by atoms with Crippen molar-refractivity contribution in [3.8, 4) is 5.88 Å². The highest BCUT2D eigenvalue weighted by molar-refractivity contribution is 6.04. The van der Waals surface area contributed by atoms with Gasteiger partial charge in [-0.3, -0.25) is 19.1 Å². The number of aromatic hydroxyl groups is 1. The molecule has 1 aromatic carbocycles. The van der Waals surface area contributed by atoms with Crippen molar-refractivity contribution < 1.29 is 9.90 Å². The quantitative estimate of drug-likeness (QED) is 0.737. The van der Waals surface area contributed by atoms with Crippen molar-refractivity contribution in [1.29, 1.82) is 0 Å². The fourth-order valence-corrected chi connectivity index (χ4v) is 3.32. The second kappa shape index (κ2) is 7.78. The first-order valence-corrected chi connectivity index (χ1v) is 9.06. The Labute approximate surface area is 167 Å². The van der Waals surface area contributed by atoms with Crippen molar-refractivity contribution in [2.24, 2.45) is 5.10 Å². The summed E-state index contributed by atoms with van der Waals surface area (Å²) in [5, 5.41) is 16.1. The van der Waals surface area contributed by atoms with E-state index in [2.05, 4.69) is 16.7 Å². The van der Waals surface area contributed by atoms with Gasteiger partial charge in [0.05, 0.1) is 11.8 Å². The van der Waals surface area contributed by atoms with E-state index in [1.165, 1.54) is 18.0 Å². The Morgan fingerprint density at radius 1 is 1.34 bits per heavy atom. The number of amides is 1. The zero-order chi connectivity index (χ0) is 21.3. The highest BCUT2D eigenvalue weighted by Gasteiger charge is 2.34. The number of benzene rings is 1. The summed E-state index contributed by atoms with van der Waals surface area (Å²) in [6, 6.07) is 7.24. The highest BCUT2D eigenvalue weighted by atomic mass is 16.3. The SMILES string of the molecule is C=CCn1c(O)c(C2=NN(C(C)=O)[C@H](c3ccc(N(C)C)cc3)C2)c(=O)[nH]c1=O. The molecule has 3 rings (SSSR count). The summed E-state index contributed by atoms with van der Waals surface area (Å²) in [7, 11) is 3.86. The molecule has 0 saturated heterocycles. The second-order valence-corrected chi connectivity index (χ2v) is 6.97. The number of nitrogens with one attached hydrogen (secondary N) is 1. The minimum absolute atomic E-state index is 0.0214. The first kappa shape index (κ1) is 20.1. The Bertz CT molecular complexity index is 1100. The van der Waals surface area contributed by atoms with Crippen LogP contribution in [-0.4, -0.2) is 45.4 Å². The van der Waals surface area contributed by atoms with Crippen molar-refractivity contribution in [3.63, 3.8) is 0 Å². The van der Waals surface area contributed by atoms with E-state index < -0.39 is 23.2 Å². The van der Waals surface area contributed by atoms with Crippen LogP contribution in [0.1, 0.15) is 30.5 Å². The van der Waals surface area contributed by atoms with E-state index >= 15 is 0 Å². The van der Waals surface area contributed by atoms with Crippen LogP contribution in [-0.2, 0) is 11.3 Å². The van der Waals surface area contributed by atoms with Gasteiger partial charge in [-0.1, -0.05) is 18.2 Å². The van der Waals surface area contributed by atoms with Crippen LogP contribution in [0.2, 0.25) is 0 Å². The number of hydrogen-bond donors (Lipinski definition) is 2. The molecule has 0 saturated carbocycles. The summed E-state index contributed by atoms with van der Waals surface area (Å²) in [6.45, 7) is 4.95. The molecule has 2 N–H and O–H groups in total. The number of H-pyrrole nitrogens is 1. The van der Waals surface area contributed by atoms with E-state index in [4.69, 9.17) is 0 Å². The third kappa shape index (κ3) is 3.71. The molecule has 9 nitrogen and oxygen atoms in total. The third-order valence-corrected chi connectivity index (χ3v) is 4.80.